The molecule has 3 rings (SSSR count). The number of ether oxygens (including phenoxy) is 2. The highest BCUT2D eigenvalue weighted by molar-refractivity contribution is 6.45. The summed E-state index contributed by atoms with van der Waals surface area (Å²) in [5.74, 6) is -0.507. The van der Waals surface area contributed by atoms with E-state index in [1.54, 1.807) is 20.8 Å². The summed E-state index contributed by atoms with van der Waals surface area (Å²) in [6, 6.07) is 8.14. The summed E-state index contributed by atoms with van der Waals surface area (Å²) in [6.45, 7) is 14.6. The van der Waals surface area contributed by atoms with E-state index in [2.05, 4.69) is 22.3 Å². The molecule has 1 saturated heterocycles. The van der Waals surface area contributed by atoms with Crippen LogP contribution in [0, 0.1) is 0 Å². The van der Waals surface area contributed by atoms with Crippen molar-refractivity contribution in [1.29, 1.82) is 0 Å². The Balaban J connectivity index is 1.74. The zero-order chi connectivity index (χ0) is 29.8. The number of benzene rings is 1. The van der Waals surface area contributed by atoms with E-state index in [4.69, 9.17) is 18.8 Å². The third-order valence-electron chi connectivity index (χ3n) is 8.41. The highest BCUT2D eigenvalue weighted by Crippen LogP contribution is 2.38. The maximum atomic E-state index is 13.4. The number of hydrogen-bond donors (Lipinski definition) is 2. The first-order valence-electron chi connectivity index (χ1n) is 14.5. The Morgan fingerprint density at radius 1 is 1.07 bits per heavy atom. The molecule has 0 radical (unpaired) electrons. The number of methoxy groups -OCH3 is 1. The molecule has 0 spiro atoms. The van der Waals surface area contributed by atoms with Gasteiger partial charge >= 0.3 is 19.2 Å². The standard InChI is InChI=1S/C30H49BN2O7/c1-27(2,3)38-26(36)32-30(25(35)37-8,15-11-12-17-31-39-28(4,5)29(6,7)40-31)16-18-33-20-23-14-10-9-13-22(23)19-24(33)21-34/h9-10,13-14,24,34H,11-12,15-21H2,1-8H3,(H,32,36)/t24-,30?/m0/s1. The molecule has 1 aromatic carbocycles. The first kappa shape index (κ1) is 32.4. The number of rotatable bonds is 11. The molecule has 0 bridgehead atoms. The molecule has 10 heteroatoms. The minimum atomic E-state index is -1.29. The summed E-state index contributed by atoms with van der Waals surface area (Å²) in [4.78, 5) is 28.5. The molecular formula is C30H49BN2O7. The van der Waals surface area contributed by atoms with E-state index in [9.17, 15) is 14.7 Å². The molecule has 0 saturated carbocycles. The lowest BCUT2D eigenvalue weighted by Gasteiger charge is -2.39. The van der Waals surface area contributed by atoms with Gasteiger partial charge in [0.05, 0.1) is 24.9 Å². The number of fused-ring (bicyclic) bond motifs is 1. The predicted octanol–water partition coefficient (Wildman–Crippen LogP) is 4.49. The first-order valence-corrected chi connectivity index (χ1v) is 14.5. The van der Waals surface area contributed by atoms with Crippen molar-refractivity contribution in [3.8, 4) is 0 Å². The number of amides is 1. The normalized spacial score (nSPS) is 21.8. The Labute approximate surface area is 240 Å². The van der Waals surface area contributed by atoms with Crippen LogP contribution in [0.4, 0.5) is 4.79 Å². The molecule has 2 atom stereocenters. The quantitative estimate of drug-likeness (QED) is 0.232. The molecule has 2 N–H and O–H groups in total. The van der Waals surface area contributed by atoms with Crippen molar-refractivity contribution in [1.82, 2.24) is 10.2 Å². The number of nitrogens with one attached hydrogen (secondary N) is 1. The lowest BCUT2D eigenvalue weighted by atomic mass is 9.80. The number of esters is 1. The van der Waals surface area contributed by atoms with Crippen LogP contribution in [-0.2, 0) is 36.5 Å². The van der Waals surface area contributed by atoms with Crippen molar-refractivity contribution in [3.63, 3.8) is 0 Å². The highest BCUT2D eigenvalue weighted by Gasteiger charge is 2.50. The molecule has 40 heavy (non-hydrogen) atoms. The minimum absolute atomic E-state index is 0.00708. The van der Waals surface area contributed by atoms with Crippen molar-refractivity contribution >= 4 is 19.2 Å². The molecule has 0 aromatic heterocycles. The van der Waals surface area contributed by atoms with Gasteiger partial charge in [-0.2, -0.15) is 0 Å². The van der Waals surface area contributed by atoms with Gasteiger partial charge in [0.1, 0.15) is 11.1 Å². The van der Waals surface area contributed by atoms with E-state index in [1.807, 2.05) is 39.8 Å². The van der Waals surface area contributed by atoms with E-state index in [1.165, 1.54) is 18.2 Å². The van der Waals surface area contributed by atoms with Crippen molar-refractivity contribution in [2.75, 3.05) is 20.3 Å². The highest BCUT2D eigenvalue weighted by atomic mass is 16.7. The largest absolute Gasteiger partial charge is 0.467 e. The van der Waals surface area contributed by atoms with Gasteiger partial charge in [-0.25, -0.2) is 9.59 Å². The van der Waals surface area contributed by atoms with Gasteiger partial charge < -0.3 is 29.2 Å². The Hall–Kier alpha value is -2.14. The van der Waals surface area contributed by atoms with E-state index < -0.39 is 34.4 Å². The van der Waals surface area contributed by atoms with Crippen molar-refractivity contribution < 1.29 is 33.5 Å². The van der Waals surface area contributed by atoms with Gasteiger partial charge in [-0.05, 0) is 85.2 Å². The van der Waals surface area contributed by atoms with Crippen molar-refractivity contribution in [2.45, 2.75) is 122 Å². The van der Waals surface area contributed by atoms with Crippen LogP contribution in [0.25, 0.3) is 0 Å². The molecule has 1 aromatic rings. The summed E-state index contributed by atoms with van der Waals surface area (Å²) in [5.41, 5.74) is -0.375. The van der Waals surface area contributed by atoms with E-state index in [-0.39, 0.29) is 19.8 Å². The van der Waals surface area contributed by atoms with Crippen LogP contribution in [0.3, 0.4) is 0 Å². The van der Waals surface area contributed by atoms with E-state index in [0.29, 0.717) is 38.7 Å². The summed E-state index contributed by atoms with van der Waals surface area (Å²) >= 11 is 0. The fourth-order valence-electron chi connectivity index (χ4n) is 5.44. The first-order chi connectivity index (χ1) is 18.6. The van der Waals surface area contributed by atoms with Crippen LogP contribution in [0.1, 0.15) is 85.3 Å². The summed E-state index contributed by atoms with van der Waals surface area (Å²) in [7, 11) is 1.02. The van der Waals surface area contributed by atoms with Gasteiger partial charge in [0, 0.05) is 19.1 Å². The maximum Gasteiger partial charge on any atom is 0.457 e. The average molecular weight is 561 g/mol. The number of hydrogen-bond acceptors (Lipinski definition) is 8. The Bertz CT molecular complexity index is 1010. The van der Waals surface area contributed by atoms with Crippen molar-refractivity contribution in [3.05, 3.63) is 35.4 Å². The number of aliphatic hydroxyl groups is 1. The molecular weight excluding hydrogens is 511 g/mol. The third kappa shape index (κ3) is 7.99. The van der Waals surface area contributed by atoms with Gasteiger partial charge in [0.2, 0.25) is 0 Å². The van der Waals surface area contributed by atoms with Gasteiger partial charge in [-0.3, -0.25) is 4.90 Å². The summed E-state index contributed by atoms with van der Waals surface area (Å²) < 4.78 is 23.1. The van der Waals surface area contributed by atoms with Gasteiger partial charge in [-0.1, -0.05) is 37.1 Å². The Morgan fingerprint density at radius 2 is 1.70 bits per heavy atom. The molecule has 224 valence electrons. The molecule has 1 amide bonds. The fraction of sp³-hybridized carbons (Fsp3) is 0.733. The monoisotopic (exact) mass is 560 g/mol. The molecule has 9 nitrogen and oxygen atoms in total. The van der Waals surface area contributed by atoms with Gasteiger partial charge in [0.15, 0.2) is 0 Å². The smallest absolute Gasteiger partial charge is 0.457 e. The Kier molecular flexibility index (Phi) is 10.4. The number of carbonyl (C=O) groups excluding carboxylic acids is 2. The summed E-state index contributed by atoms with van der Waals surface area (Å²) in [5, 5.41) is 13.0. The number of nitrogens with zero attached hydrogens (tertiary/aromatic N) is 1. The van der Waals surface area contributed by atoms with Crippen LogP contribution in [0.15, 0.2) is 24.3 Å². The second kappa shape index (κ2) is 12.8. The SMILES string of the molecule is COC(=O)C(CCCCB1OC(C)(C)C(C)(C)O1)(CCN1Cc2ccccc2C[C@H]1CO)NC(=O)OC(C)(C)C. The maximum absolute atomic E-state index is 13.4. The van der Waals surface area contributed by atoms with Crippen LogP contribution in [0.5, 0.6) is 0 Å². The zero-order valence-electron chi connectivity index (χ0n) is 25.7. The molecule has 2 aliphatic rings. The van der Waals surface area contributed by atoms with E-state index >= 15 is 0 Å². The van der Waals surface area contributed by atoms with Gasteiger partial charge in [-0.15, -0.1) is 0 Å². The average Bonchev–Trinajstić information content (AvgIpc) is 3.08. The second-order valence-corrected chi connectivity index (χ2v) is 13.2. The number of alkyl carbamates (subject to hydrolysis) is 1. The zero-order valence-corrected chi connectivity index (χ0v) is 25.7. The van der Waals surface area contributed by atoms with Crippen LogP contribution in [0.2, 0.25) is 6.32 Å². The van der Waals surface area contributed by atoms with Crippen LogP contribution >= 0.6 is 0 Å². The molecule has 0 aliphatic carbocycles. The van der Waals surface area contributed by atoms with Crippen molar-refractivity contribution in [2.24, 2.45) is 0 Å². The fourth-order valence-corrected chi connectivity index (χ4v) is 5.44. The lowest BCUT2D eigenvalue weighted by Crippen LogP contribution is -2.58. The Morgan fingerprint density at radius 3 is 2.27 bits per heavy atom. The second-order valence-electron chi connectivity index (χ2n) is 13.2. The van der Waals surface area contributed by atoms with Crippen LogP contribution in [-0.4, -0.2) is 77.8 Å². The lowest BCUT2D eigenvalue weighted by molar-refractivity contribution is -0.149. The number of aliphatic hydroxyl groups excluding tert-OH is 1. The minimum Gasteiger partial charge on any atom is -0.467 e. The molecule has 2 heterocycles. The van der Waals surface area contributed by atoms with Gasteiger partial charge in [0.25, 0.3) is 0 Å². The van der Waals surface area contributed by atoms with Crippen LogP contribution < -0.4 is 5.32 Å². The third-order valence-corrected chi connectivity index (χ3v) is 8.41. The molecule has 1 unspecified atom stereocenters. The number of unbranched alkanes of at least 4 members (excludes halogenated alkanes) is 1. The summed E-state index contributed by atoms with van der Waals surface area (Å²) in [6.07, 6.45) is 2.80. The molecule has 1 fully saturated rings. The topological polar surface area (TPSA) is 107 Å². The predicted molar refractivity (Wildman–Crippen MR) is 155 cm³/mol. The number of carbonyl (C=O) groups is 2. The molecule has 2 aliphatic heterocycles. The van der Waals surface area contributed by atoms with E-state index in [0.717, 1.165) is 12.8 Å².